The molecule has 0 bridgehead atoms. The summed E-state index contributed by atoms with van der Waals surface area (Å²) < 4.78 is 18.9. The summed E-state index contributed by atoms with van der Waals surface area (Å²) >= 11 is 0. The number of rotatable bonds is 9. The fourth-order valence-corrected chi connectivity index (χ4v) is 2.41. The van der Waals surface area contributed by atoms with Gasteiger partial charge in [-0.05, 0) is 44.5 Å². The lowest BCUT2D eigenvalue weighted by Crippen LogP contribution is -2.39. The molecule has 3 N–H and O–H groups in total. The molecule has 156 valence electrons. The van der Waals surface area contributed by atoms with Gasteiger partial charge in [0.2, 0.25) is 5.91 Å². The van der Waals surface area contributed by atoms with Gasteiger partial charge in [-0.2, -0.15) is 0 Å². The second-order valence-corrected chi connectivity index (χ2v) is 6.55. The van der Waals surface area contributed by atoms with Crippen LogP contribution in [0.3, 0.4) is 0 Å². The van der Waals surface area contributed by atoms with Crippen LogP contribution in [0.15, 0.2) is 47.6 Å². The Morgan fingerprint density at radius 2 is 2.10 bits per heavy atom. The summed E-state index contributed by atoms with van der Waals surface area (Å²) in [4.78, 5) is 20.6. The fraction of sp³-hybridized carbons (Fsp3) is 0.381. The van der Waals surface area contributed by atoms with Crippen molar-refractivity contribution < 1.29 is 13.9 Å². The van der Waals surface area contributed by atoms with Crippen molar-refractivity contribution in [1.29, 1.82) is 0 Å². The number of hydrogen-bond donors (Lipinski definition) is 3. The molecule has 0 radical (unpaired) electrons. The van der Waals surface area contributed by atoms with Gasteiger partial charge in [0.05, 0.1) is 6.54 Å². The lowest BCUT2D eigenvalue weighted by Gasteiger charge is -2.15. The number of aliphatic imine (C=N–C) groups is 1. The van der Waals surface area contributed by atoms with Gasteiger partial charge in [-0.3, -0.25) is 4.79 Å². The Labute approximate surface area is 170 Å². The first-order chi connectivity index (χ1) is 14.0. The fourth-order valence-electron chi connectivity index (χ4n) is 2.41. The number of carbonyl (C=O) groups is 1. The van der Waals surface area contributed by atoms with E-state index in [4.69, 9.17) is 4.74 Å². The number of anilines is 1. The number of carbonyl (C=O) groups excluding carboxylic acids is 1. The first-order valence-electron chi connectivity index (χ1n) is 9.63. The largest absolute Gasteiger partial charge is 0.489 e. The molecule has 0 saturated carbocycles. The number of guanidine groups is 1. The van der Waals surface area contributed by atoms with Gasteiger partial charge in [-0.15, -0.1) is 0 Å². The summed E-state index contributed by atoms with van der Waals surface area (Å²) in [5.41, 5.74) is 1.03. The molecule has 2 rings (SSSR count). The molecule has 8 heteroatoms. The maximum atomic E-state index is 13.2. The number of hydrogen-bond acceptors (Lipinski definition) is 4. The van der Waals surface area contributed by atoms with Crippen LogP contribution in [0.5, 0.6) is 5.75 Å². The number of ether oxygens (including phenoxy) is 1. The number of pyridine rings is 1. The average Bonchev–Trinajstić information content (AvgIpc) is 2.68. The molecule has 0 aliphatic rings. The monoisotopic (exact) mass is 401 g/mol. The Balaban J connectivity index is 1.77. The Morgan fingerprint density at radius 3 is 2.79 bits per heavy atom. The van der Waals surface area contributed by atoms with Gasteiger partial charge in [0, 0.05) is 31.8 Å². The molecule has 1 heterocycles. The maximum absolute atomic E-state index is 13.2. The van der Waals surface area contributed by atoms with Crippen molar-refractivity contribution in [3.8, 4) is 5.75 Å². The van der Waals surface area contributed by atoms with Gasteiger partial charge in [-0.25, -0.2) is 14.4 Å². The third kappa shape index (κ3) is 8.59. The third-order valence-corrected chi connectivity index (χ3v) is 3.81. The molecule has 2 aromatic rings. The Hall–Kier alpha value is -3.16. The van der Waals surface area contributed by atoms with Crippen molar-refractivity contribution >= 4 is 17.7 Å². The van der Waals surface area contributed by atoms with Crippen LogP contribution in [0.25, 0.3) is 0 Å². The Bertz CT molecular complexity index is 811. The predicted octanol–water partition coefficient (Wildman–Crippen LogP) is 2.88. The second kappa shape index (κ2) is 11.6. The van der Waals surface area contributed by atoms with Crippen LogP contribution >= 0.6 is 0 Å². The van der Waals surface area contributed by atoms with E-state index in [0.29, 0.717) is 37.2 Å². The minimum Gasteiger partial charge on any atom is -0.489 e. The zero-order valence-corrected chi connectivity index (χ0v) is 17.0. The lowest BCUT2D eigenvalue weighted by molar-refractivity contribution is -0.116. The molecular weight excluding hydrogens is 373 g/mol. The van der Waals surface area contributed by atoms with Crippen molar-refractivity contribution in [2.45, 2.75) is 33.3 Å². The first-order valence-corrected chi connectivity index (χ1v) is 9.63. The molecule has 1 unspecified atom stereocenters. The number of aryl methyl sites for hydroxylation is 1. The molecule has 0 saturated heterocycles. The summed E-state index contributed by atoms with van der Waals surface area (Å²) in [7, 11) is 0. The van der Waals surface area contributed by atoms with Crippen molar-refractivity contribution in [1.82, 2.24) is 15.6 Å². The predicted molar refractivity (Wildman–Crippen MR) is 113 cm³/mol. The number of aromatic nitrogens is 1. The van der Waals surface area contributed by atoms with Gasteiger partial charge in [0.15, 0.2) is 5.96 Å². The molecule has 1 amide bonds. The molecule has 1 atom stereocenters. The van der Waals surface area contributed by atoms with Crippen LogP contribution in [-0.2, 0) is 4.79 Å². The highest BCUT2D eigenvalue weighted by atomic mass is 19.1. The second-order valence-electron chi connectivity index (χ2n) is 6.55. The topological polar surface area (TPSA) is 87.6 Å². The van der Waals surface area contributed by atoms with E-state index in [1.165, 1.54) is 12.1 Å². The molecular formula is C21H28FN5O2. The summed E-state index contributed by atoms with van der Waals surface area (Å²) in [5, 5.41) is 8.99. The van der Waals surface area contributed by atoms with E-state index >= 15 is 0 Å². The van der Waals surface area contributed by atoms with E-state index in [2.05, 4.69) is 25.9 Å². The van der Waals surface area contributed by atoms with Crippen molar-refractivity contribution in [3.63, 3.8) is 0 Å². The van der Waals surface area contributed by atoms with Crippen LogP contribution in [0.1, 0.15) is 25.8 Å². The molecule has 0 aliphatic heterocycles. The van der Waals surface area contributed by atoms with E-state index in [0.717, 1.165) is 5.56 Å². The van der Waals surface area contributed by atoms with E-state index in [1.54, 1.807) is 24.4 Å². The minimum atomic E-state index is -0.340. The number of nitrogens with one attached hydrogen (secondary N) is 3. The van der Waals surface area contributed by atoms with Crippen LogP contribution in [0.2, 0.25) is 0 Å². The standard InChI is InChI=1S/C21H28FN5O2/c1-4-23-21(26-14-16(3)29-18-7-5-6-17(22)12-18)24-11-10-20(28)27-19-9-8-15(2)13-25-19/h5-9,12-13,16H,4,10-11,14H2,1-3H3,(H2,23,24,26)(H,25,27,28). The summed E-state index contributed by atoms with van der Waals surface area (Å²) in [5.74, 6) is 1.11. The van der Waals surface area contributed by atoms with Crippen LogP contribution in [0, 0.1) is 12.7 Å². The third-order valence-electron chi connectivity index (χ3n) is 3.81. The molecule has 0 fully saturated rings. The van der Waals surface area contributed by atoms with Gasteiger partial charge in [0.1, 0.15) is 23.5 Å². The highest BCUT2D eigenvalue weighted by Gasteiger charge is 2.07. The number of nitrogens with zero attached hydrogens (tertiary/aromatic N) is 2. The highest BCUT2D eigenvalue weighted by molar-refractivity contribution is 5.90. The molecule has 0 spiro atoms. The lowest BCUT2D eigenvalue weighted by atomic mass is 10.3. The Morgan fingerprint density at radius 1 is 1.28 bits per heavy atom. The SMILES string of the molecule is CCNC(=NCC(C)Oc1cccc(F)c1)NCCC(=O)Nc1ccc(C)cn1. The van der Waals surface area contributed by atoms with Crippen molar-refractivity contribution in [3.05, 3.63) is 54.0 Å². The number of benzene rings is 1. The zero-order chi connectivity index (χ0) is 21.1. The molecule has 1 aromatic heterocycles. The highest BCUT2D eigenvalue weighted by Crippen LogP contribution is 2.13. The van der Waals surface area contributed by atoms with Gasteiger partial charge >= 0.3 is 0 Å². The molecule has 1 aromatic carbocycles. The Kier molecular flexibility index (Phi) is 8.88. The van der Waals surface area contributed by atoms with Crippen molar-refractivity contribution in [2.75, 3.05) is 25.0 Å². The van der Waals surface area contributed by atoms with Crippen LogP contribution in [-0.4, -0.2) is 42.6 Å². The van der Waals surface area contributed by atoms with Crippen LogP contribution in [0.4, 0.5) is 10.2 Å². The number of amides is 1. The summed E-state index contributed by atoms with van der Waals surface area (Å²) in [6.45, 7) is 7.24. The maximum Gasteiger partial charge on any atom is 0.227 e. The summed E-state index contributed by atoms with van der Waals surface area (Å²) in [6, 6.07) is 9.67. The van der Waals surface area contributed by atoms with E-state index in [1.807, 2.05) is 26.8 Å². The van der Waals surface area contributed by atoms with Crippen LogP contribution < -0.4 is 20.7 Å². The van der Waals surface area contributed by atoms with E-state index in [-0.39, 0.29) is 24.2 Å². The molecule has 0 aliphatic carbocycles. The zero-order valence-electron chi connectivity index (χ0n) is 17.0. The quantitative estimate of drug-likeness (QED) is 0.444. The van der Waals surface area contributed by atoms with Gasteiger partial charge < -0.3 is 20.7 Å². The van der Waals surface area contributed by atoms with Gasteiger partial charge in [-0.1, -0.05) is 12.1 Å². The van der Waals surface area contributed by atoms with Crippen molar-refractivity contribution in [2.24, 2.45) is 4.99 Å². The molecule has 29 heavy (non-hydrogen) atoms. The van der Waals surface area contributed by atoms with E-state index < -0.39 is 0 Å². The first kappa shape index (κ1) is 22.1. The van der Waals surface area contributed by atoms with Gasteiger partial charge in [0.25, 0.3) is 0 Å². The normalized spacial score (nSPS) is 12.2. The average molecular weight is 401 g/mol. The summed E-state index contributed by atoms with van der Waals surface area (Å²) in [6.07, 6.45) is 1.75. The van der Waals surface area contributed by atoms with E-state index in [9.17, 15) is 9.18 Å². The smallest absolute Gasteiger partial charge is 0.227 e. The minimum absolute atomic E-state index is 0.132. The number of halogens is 1. The molecule has 7 nitrogen and oxygen atoms in total.